The van der Waals surface area contributed by atoms with Crippen molar-refractivity contribution in [1.29, 1.82) is 0 Å². The van der Waals surface area contributed by atoms with Crippen LogP contribution in [0.4, 0.5) is 4.79 Å². The van der Waals surface area contributed by atoms with Gasteiger partial charge in [-0.15, -0.1) is 0 Å². The first kappa shape index (κ1) is 16.5. The van der Waals surface area contributed by atoms with E-state index in [4.69, 9.17) is 0 Å². The van der Waals surface area contributed by atoms with E-state index in [2.05, 4.69) is 20.5 Å². The number of aryl methyl sites for hydroxylation is 2. The fourth-order valence-corrected chi connectivity index (χ4v) is 3.51. The summed E-state index contributed by atoms with van der Waals surface area (Å²) >= 11 is 0. The van der Waals surface area contributed by atoms with E-state index in [1.807, 2.05) is 29.5 Å². The number of nitrogens with one attached hydrogen (secondary N) is 2. The van der Waals surface area contributed by atoms with E-state index in [1.165, 1.54) is 12.0 Å². The average molecular weight is 330 g/mol. The van der Waals surface area contributed by atoms with Gasteiger partial charge >= 0.3 is 6.03 Å². The maximum Gasteiger partial charge on any atom is 0.317 e. The predicted molar refractivity (Wildman–Crippen MR) is 91.6 cm³/mol. The van der Waals surface area contributed by atoms with Crippen LogP contribution in [-0.2, 0) is 6.54 Å². The molecule has 1 aliphatic heterocycles. The molecule has 0 unspecified atom stereocenters. The fourth-order valence-electron chi connectivity index (χ4n) is 3.51. The number of aromatic amines is 1. The minimum absolute atomic E-state index is 0.0158. The standard InChI is InChI=1S/C17H26N6O/c1-13-16(14(2)21-20-13)15-6-4-3-5-9-23(15)17(24)19-8-11-22-10-7-18-12-22/h7,10,12,15H,3-6,8-9,11H2,1-2H3,(H,19,24)(H,20,21)/t15-/m1/s1. The van der Waals surface area contributed by atoms with Crippen LogP contribution in [0, 0.1) is 13.8 Å². The lowest BCUT2D eigenvalue weighted by atomic mass is 9.99. The number of carbonyl (C=O) groups is 1. The van der Waals surface area contributed by atoms with Gasteiger partial charge < -0.3 is 14.8 Å². The number of likely N-dealkylation sites (tertiary alicyclic amines) is 1. The number of urea groups is 1. The van der Waals surface area contributed by atoms with Gasteiger partial charge in [0.2, 0.25) is 0 Å². The SMILES string of the molecule is Cc1n[nH]c(C)c1[C@H]1CCCCCN1C(=O)NCCn1ccnc1. The Morgan fingerprint density at radius 3 is 2.96 bits per heavy atom. The highest BCUT2D eigenvalue weighted by molar-refractivity contribution is 5.74. The van der Waals surface area contributed by atoms with Crippen molar-refractivity contribution in [2.45, 2.75) is 52.1 Å². The number of amides is 2. The molecular formula is C17H26N6O. The first-order valence-electron chi connectivity index (χ1n) is 8.68. The summed E-state index contributed by atoms with van der Waals surface area (Å²) in [5.41, 5.74) is 3.24. The molecule has 2 aromatic rings. The van der Waals surface area contributed by atoms with E-state index < -0.39 is 0 Å². The van der Waals surface area contributed by atoms with Crippen molar-refractivity contribution in [2.75, 3.05) is 13.1 Å². The fraction of sp³-hybridized carbons (Fsp3) is 0.588. The lowest BCUT2D eigenvalue weighted by molar-refractivity contribution is 0.175. The molecule has 0 aliphatic carbocycles. The lowest BCUT2D eigenvalue weighted by Crippen LogP contribution is -2.43. The Morgan fingerprint density at radius 1 is 1.38 bits per heavy atom. The number of hydrogen-bond donors (Lipinski definition) is 2. The van der Waals surface area contributed by atoms with Crippen molar-refractivity contribution in [2.24, 2.45) is 0 Å². The predicted octanol–water partition coefficient (Wildman–Crippen LogP) is 2.55. The van der Waals surface area contributed by atoms with Gasteiger partial charge in [0.15, 0.2) is 0 Å². The molecule has 1 saturated heterocycles. The van der Waals surface area contributed by atoms with Gasteiger partial charge in [0.1, 0.15) is 0 Å². The largest absolute Gasteiger partial charge is 0.336 e. The van der Waals surface area contributed by atoms with Crippen molar-refractivity contribution in [3.05, 3.63) is 35.7 Å². The molecule has 0 radical (unpaired) electrons. The van der Waals surface area contributed by atoms with E-state index in [0.29, 0.717) is 6.54 Å². The Labute approximate surface area is 142 Å². The minimum atomic E-state index is 0.0158. The highest BCUT2D eigenvalue weighted by atomic mass is 16.2. The molecule has 0 spiro atoms. The molecule has 1 atom stereocenters. The Morgan fingerprint density at radius 2 is 2.25 bits per heavy atom. The maximum atomic E-state index is 12.8. The topological polar surface area (TPSA) is 78.8 Å². The second-order valence-electron chi connectivity index (χ2n) is 6.44. The molecule has 3 heterocycles. The number of imidazole rings is 1. The van der Waals surface area contributed by atoms with Gasteiger partial charge in [0, 0.05) is 43.3 Å². The Bertz CT molecular complexity index is 643. The highest BCUT2D eigenvalue weighted by Gasteiger charge is 2.29. The van der Waals surface area contributed by atoms with E-state index in [1.54, 1.807) is 12.5 Å². The van der Waals surface area contributed by atoms with Crippen molar-refractivity contribution in [3.63, 3.8) is 0 Å². The van der Waals surface area contributed by atoms with Gasteiger partial charge in [-0.05, 0) is 26.7 Å². The number of aromatic nitrogens is 4. The summed E-state index contributed by atoms with van der Waals surface area (Å²) < 4.78 is 1.96. The van der Waals surface area contributed by atoms with Crippen LogP contribution in [0.5, 0.6) is 0 Å². The number of carbonyl (C=O) groups excluding carboxylic acids is 1. The quantitative estimate of drug-likeness (QED) is 0.904. The van der Waals surface area contributed by atoms with Crippen LogP contribution < -0.4 is 5.32 Å². The molecule has 24 heavy (non-hydrogen) atoms. The van der Waals surface area contributed by atoms with Gasteiger partial charge in [-0.2, -0.15) is 5.10 Å². The van der Waals surface area contributed by atoms with Gasteiger partial charge in [0.05, 0.1) is 18.1 Å². The van der Waals surface area contributed by atoms with Crippen LogP contribution in [0.2, 0.25) is 0 Å². The Balaban J connectivity index is 1.68. The number of rotatable bonds is 4. The van der Waals surface area contributed by atoms with Crippen molar-refractivity contribution in [3.8, 4) is 0 Å². The molecular weight excluding hydrogens is 304 g/mol. The van der Waals surface area contributed by atoms with E-state index >= 15 is 0 Å². The third kappa shape index (κ3) is 3.60. The highest BCUT2D eigenvalue weighted by Crippen LogP contribution is 2.33. The minimum Gasteiger partial charge on any atom is -0.336 e. The summed E-state index contributed by atoms with van der Waals surface area (Å²) in [7, 11) is 0. The second-order valence-corrected chi connectivity index (χ2v) is 6.44. The summed E-state index contributed by atoms with van der Waals surface area (Å²) in [4.78, 5) is 18.8. The molecule has 7 nitrogen and oxygen atoms in total. The molecule has 0 aromatic carbocycles. The van der Waals surface area contributed by atoms with Crippen LogP contribution >= 0.6 is 0 Å². The molecule has 2 aromatic heterocycles. The molecule has 130 valence electrons. The molecule has 3 rings (SSSR count). The van der Waals surface area contributed by atoms with Gasteiger partial charge in [-0.25, -0.2) is 9.78 Å². The van der Waals surface area contributed by atoms with Crippen LogP contribution in [0.15, 0.2) is 18.7 Å². The van der Waals surface area contributed by atoms with Gasteiger partial charge in [-0.3, -0.25) is 5.10 Å². The van der Waals surface area contributed by atoms with Crippen LogP contribution in [0.3, 0.4) is 0 Å². The van der Waals surface area contributed by atoms with E-state index in [-0.39, 0.29) is 12.1 Å². The van der Waals surface area contributed by atoms with Gasteiger partial charge in [0.25, 0.3) is 0 Å². The zero-order chi connectivity index (χ0) is 16.9. The Kier molecular flexibility index (Phi) is 5.17. The van der Waals surface area contributed by atoms with Gasteiger partial charge in [-0.1, -0.05) is 12.8 Å². The summed E-state index contributed by atoms with van der Waals surface area (Å²) in [5, 5.41) is 10.4. The molecule has 2 amide bonds. The monoisotopic (exact) mass is 330 g/mol. The third-order valence-corrected chi connectivity index (χ3v) is 4.74. The Hall–Kier alpha value is -2.31. The first-order chi connectivity index (χ1) is 11.7. The van der Waals surface area contributed by atoms with Crippen LogP contribution in [0.1, 0.15) is 48.7 Å². The third-order valence-electron chi connectivity index (χ3n) is 4.74. The summed E-state index contributed by atoms with van der Waals surface area (Å²) in [6.45, 7) is 6.18. The number of H-pyrrole nitrogens is 1. The van der Waals surface area contributed by atoms with E-state index in [9.17, 15) is 4.79 Å². The summed E-state index contributed by atoms with van der Waals surface area (Å²) in [5.74, 6) is 0. The van der Waals surface area contributed by atoms with Crippen LogP contribution in [0.25, 0.3) is 0 Å². The molecule has 0 bridgehead atoms. The normalized spacial score (nSPS) is 18.4. The second kappa shape index (κ2) is 7.51. The zero-order valence-corrected chi connectivity index (χ0v) is 14.5. The number of nitrogens with zero attached hydrogens (tertiary/aromatic N) is 4. The number of hydrogen-bond acceptors (Lipinski definition) is 3. The van der Waals surface area contributed by atoms with Crippen molar-refractivity contribution >= 4 is 6.03 Å². The smallest absolute Gasteiger partial charge is 0.317 e. The van der Waals surface area contributed by atoms with Crippen molar-refractivity contribution < 1.29 is 4.79 Å². The molecule has 1 aliphatic rings. The summed E-state index contributed by atoms with van der Waals surface area (Å²) in [6, 6.07) is 0.126. The van der Waals surface area contributed by atoms with E-state index in [0.717, 1.165) is 43.7 Å². The van der Waals surface area contributed by atoms with Crippen molar-refractivity contribution in [1.82, 2.24) is 30.0 Å². The first-order valence-corrected chi connectivity index (χ1v) is 8.68. The molecule has 7 heteroatoms. The maximum absolute atomic E-state index is 12.8. The van der Waals surface area contributed by atoms with Crippen LogP contribution in [-0.4, -0.2) is 43.8 Å². The average Bonchev–Trinajstić information content (AvgIpc) is 3.11. The molecule has 1 fully saturated rings. The zero-order valence-electron chi connectivity index (χ0n) is 14.5. The molecule has 0 saturated carbocycles. The lowest BCUT2D eigenvalue weighted by Gasteiger charge is -2.30. The molecule has 2 N–H and O–H groups in total. The summed E-state index contributed by atoms with van der Waals surface area (Å²) in [6.07, 6.45) is 9.78.